The molecule has 1 atom stereocenters. The van der Waals surface area contributed by atoms with Crippen molar-refractivity contribution in [3.05, 3.63) is 69.5 Å². The Labute approximate surface area is 174 Å². The number of rotatable bonds is 4. The molecule has 1 aliphatic rings. The van der Waals surface area contributed by atoms with E-state index in [1.165, 1.54) is 18.0 Å². The minimum Gasteiger partial charge on any atom is -0.481 e. The van der Waals surface area contributed by atoms with Crippen molar-refractivity contribution < 1.29 is 9.53 Å². The normalized spacial score (nSPS) is 14.2. The molecule has 3 aromatic rings. The van der Waals surface area contributed by atoms with Crippen LogP contribution in [-0.2, 0) is 17.8 Å². The standard InChI is InChI=1S/C22H23N5O3/c1-13-4-5-16(10-14(13)2)30-15(3)22(29)27-9-6-17-19(12-27)25-20(26-21(17)28)18-11-23-7-8-24-18/h4-5,7-8,10-11,15H,6,9,12H2,1-3H3,(H,25,26,28). The number of ether oxygens (including phenoxy) is 1. The highest BCUT2D eigenvalue weighted by molar-refractivity contribution is 5.81. The fourth-order valence-electron chi connectivity index (χ4n) is 3.47. The Kier molecular flexibility index (Phi) is 5.31. The van der Waals surface area contributed by atoms with E-state index < -0.39 is 6.10 Å². The van der Waals surface area contributed by atoms with Crippen LogP contribution in [0.15, 0.2) is 41.6 Å². The van der Waals surface area contributed by atoms with Crippen LogP contribution in [0.1, 0.15) is 29.3 Å². The number of fused-ring (bicyclic) bond motifs is 1. The Bertz CT molecular complexity index is 1140. The molecule has 0 saturated heterocycles. The summed E-state index contributed by atoms with van der Waals surface area (Å²) >= 11 is 0. The third-order valence-electron chi connectivity index (χ3n) is 5.33. The lowest BCUT2D eigenvalue weighted by Crippen LogP contribution is -2.44. The van der Waals surface area contributed by atoms with E-state index in [2.05, 4.69) is 19.9 Å². The number of carbonyl (C=O) groups excluding carboxylic acids is 1. The van der Waals surface area contributed by atoms with Gasteiger partial charge in [0.25, 0.3) is 11.5 Å². The van der Waals surface area contributed by atoms with Crippen LogP contribution in [0.4, 0.5) is 0 Å². The van der Waals surface area contributed by atoms with Crippen LogP contribution in [0.5, 0.6) is 5.75 Å². The number of hydrogen-bond donors (Lipinski definition) is 1. The summed E-state index contributed by atoms with van der Waals surface area (Å²) in [5, 5.41) is 0. The molecule has 154 valence electrons. The zero-order chi connectivity index (χ0) is 21.3. The van der Waals surface area contributed by atoms with Gasteiger partial charge in [0, 0.05) is 24.5 Å². The lowest BCUT2D eigenvalue weighted by Gasteiger charge is -2.30. The van der Waals surface area contributed by atoms with E-state index in [4.69, 9.17) is 4.74 Å². The van der Waals surface area contributed by atoms with Crippen molar-refractivity contribution in [1.82, 2.24) is 24.8 Å². The van der Waals surface area contributed by atoms with Crippen LogP contribution >= 0.6 is 0 Å². The highest BCUT2D eigenvalue weighted by Gasteiger charge is 2.28. The Morgan fingerprint density at radius 3 is 2.80 bits per heavy atom. The quantitative estimate of drug-likeness (QED) is 0.714. The Morgan fingerprint density at radius 2 is 2.07 bits per heavy atom. The second-order valence-corrected chi connectivity index (χ2v) is 7.45. The van der Waals surface area contributed by atoms with Gasteiger partial charge in [-0.1, -0.05) is 6.07 Å². The van der Waals surface area contributed by atoms with Crippen LogP contribution in [0.25, 0.3) is 11.5 Å². The lowest BCUT2D eigenvalue weighted by molar-refractivity contribution is -0.139. The Hall–Kier alpha value is -3.55. The molecule has 1 amide bonds. The zero-order valence-electron chi connectivity index (χ0n) is 17.2. The molecule has 3 heterocycles. The van der Waals surface area contributed by atoms with Gasteiger partial charge in [0.1, 0.15) is 11.4 Å². The summed E-state index contributed by atoms with van der Waals surface area (Å²) in [6.45, 7) is 6.48. The van der Waals surface area contributed by atoms with Gasteiger partial charge in [-0.15, -0.1) is 0 Å². The number of benzene rings is 1. The van der Waals surface area contributed by atoms with Crippen molar-refractivity contribution in [2.75, 3.05) is 6.54 Å². The number of carbonyl (C=O) groups is 1. The fraction of sp³-hybridized carbons (Fsp3) is 0.318. The average molecular weight is 405 g/mol. The molecule has 0 bridgehead atoms. The van der Waals surface area contributed by atoms with Crippen LogP contribution < -0.4 is 10.3 Å². The molecule has 4 rings (SSSR count). The first-order valence-corrected chi connectivity index (χ1v) is 9.83. The van der Waals surface area contributed by atoms with Gasteiger partial charge in [-0.25, -0.2) is 9.97 Å². The predicted octanol–water partition coefficient (Wildman–Crippen LogP) is 2.20. The predicted molar refractivity (Wildman–Crippen MR) is 111 cm³/mol. The number of nitrogens with zero attached hydrogens (tertiary/aromatic N) is 4. The molecule has 1 N–H and O–H groups in total. The van der Waals surface area contributed by atoms with Crippen molar-refractivity contribution in [1.29, 1.82) is 0 Å². The number of amides is 1. The van der Waals surface area contributed by atoms with Gasteiger partial charge in [-0.05, 0) is 50.5 Å². The van der Waals surface area contributed by atoms with Crippen LogP contribution in [-0.4, -0.2) is 43.4 Å². The Morgan fingerprint density at radius 1 is 1.23 bits per heavy atom. The number of H-pyrrole nitrogens is 1. The van der Waals surface area contributed by atoms with Crippen LogP contribution in [0.3, 0.4) is 0 Å². The van der Waals surface area contributed by atoms with Gasteiger partial charge >= 0.3 is 0 Å². The topological polar surface area (TPSA) is 101 Å². The van der Waals surface area contributed by atoms with Crippen LogP contribution in [0.2, 0.25) is 0 Å². The minimum absolute atomic E-state index is 0.137. The summed E-state index contributed by atoms with van der Waals surface area (Å²) in [6.07, 6.45) is 4.43. The van der Waals surface area contributed by atoms with E-state index >= 15 is 0 Å². The minimum atomic E-state index is -0.643. The van der Waals surface area contributed by atoms with E-state index in [1.54, 1.807) is 18.0 Å². The summed E-state index contributed by atoms with van der Waals surface area (Å²) < 4.78 is 5.87. The summed E-state index contributed by atoms with van der Waals surface area (Å²) in [6, 6.07) is 5.77. The maximum Gasteiger partial charge on any atom is 0.263 e. The second kappa shape index (κ2) is 8.06. The number of aryl methyl sites for hydroxylation is 2. The molecule has 0 saturated carbocycles. The number of nitrogens with one attached hydrogen (secondary N) is 1. The SMILES string of the molecule is Cc1ccc(OC(C)C(=O)N2CCc3c(nc(-c4cnccn4)[nH]c3=O)C2)cc1C. The number of aromatic nitrogens is 4. The van der Waals surface area contributed by atoms with Gasteiger partial charge in [-0.3, -0.25) is 14.6 Å². The van der Waals surface area contributed by atoms with Gasteiger partial charge < -0.3 is 14.6 Å². The molecule has 8 nitrogen and oxygen atoms in total. The van der Waals surface area contributed by atoms with E-state index in [9.17, 15) is 9.59 Å². The van der Waals surface area contributed by atoms with Gasteiger partial charge in [0.15, 0.2) is 11.9 Å². The highest BCUT2D eigenvalue weighted by atomic mass is 16.5. The monoisotopic (exact) mass is 405 g/mol. The molecule has 0 fully saturated rings. The number of aromatic amines is 1. The maximum atomic E-state index is 13.0. The molecule has 1 aromatic carbocycles. The smallest absolute Gasteiger partial charge is 0.263 e. The molecule has 2 aromatic heterocycles. The average Bonchev–Trinajstić information content (AvgIpc) is 2.76. The van der Waals surface area contributed by atoms with E-state index in [-0.39, 0.29) is 18.0 Å². The third-order valence-corrected chi connectivity index (χ3v) is 5.33. The number of hydrogen-bond acceptors (Lipinski definition) is 6. The second-order valence-electron chi connectivity index (χ2n) is 7.45. The summed E-state index contributed by atoms with van der Waals surface area (Å²) in [5.41, 5.74) is 3.74. The van der Waals surface area contributed by atoms with Gasteiger partial charge in [-0.2, -0.15) is 0 Å². The molecular weight excluding hydrogens is 382 g/mol. The molecule has 0 aliphatic carbocycles. The first-order valence-electron chi connectivity index (χ1n) is 9.83. The highest BCUT2D eigenvalue weighted by Crippen LogP contribution is 2.21. The molecular formula is C22H23N5O3. The Balaban J connectivity index is 1.52. The van der Waals surface area contributed by atoms with E-state index in [1.807, 2.05) is 32.0 Å². The molecule has 0 spiro atoms. The zero-order valence-corrected chi connectivity index (χ0v) is 17.2. The lowest BCUT2D eigenvalue weighted by atomic mass is 10.1. The summed E-state index contributed by atoms with van der Waals surface area (Å²) in [5.74, 6) is 0.874. The van der Waals surface area contributed by atoms with Crippen molar-refractivity contribution in [3.8, 4) is 17.3 Å². The van der Waals surface area contributed by atoms with Gasteiger partial charge in [0.05, 0.1) is 18.4 Å². The van der Waals surface area contributed by atoms with Crippen molar-refractivity contribution in [3.63, 3.8) is 0 Å². The van der Waals surface area contributed by atoms with Crippen molar-refractivity contribution in [2.45, 2.75) is 39.8 Å². The van der Waals surface area contributed by atoms with Crippen molar-refractivity contribution in [2.24, 2.45) is 0 Å². The molecule has 0 radical (unpaired) electrons. The van der Waals surface area contributed by atoms with Crippen molar-refractivity contribution >= 4 is 5.91 Å². The summed E-state index contributed by atoms with van der Waals surface area (Å²) in [7, 11) is 0. The summed E-state index contributed by atoms with van der Waals surface area (Å²) in [4.78, 5) is 42.7. The molecule has 1 unspecified atom stereocenters. The molecule has 30 heavy (non-hydrogen) atoms. The maximum absolute atomic E-state index is 13.0. The first kappa shape index (κ1) is 19.8. The van der Waals surface area contributed by atoms with E-state index in [0.29, 0.717) is 41.5 Å². The van der Waals surface area contributed by atoms with Crippen LogP contribution in [0, 0.1) is 13.8 Å². The largest absolute Gasteiger partial charge is 0.481 e. The third kappa shape index (κ3) is 3.94. The van der Waals surface area contributed by atoms with Gasteiger partial charge in [0.2, 0.25) is 0 Å². The first-order chi connectivity index (χ1) is 14.4. The fourth-order valence-corrected chi connectivity index (χ4v) is 3.47. The molecule has 1 aliphatic heterocycles. The van der Waals surface area contributed by atoms with E-state index in [0.717, 1.165) is 5.56 Å². The molecule has 8 heteroatoms.